The molecule has 0 aromatic carbocycles. The summed E-state index contributed by atoms with van der Waals surface area (Å²) in [6.45, 7) is 5.90. The summed E-state index contributed by atoms with van der Waals surface area (Å²) in [6, 6.07) is 0. The standard InChI is InChI=1S/C4H8O2.C3H8O.H2O/c1-3-6-4(2)5;1-2-3-4;/h3H2,1-2H3;4H,2-3H2,1H3;1H2. The summed E-state index contributed by atoms with van der Waals surface area (Å²) in [5.74, 6) is -0.211. The Hall–Kier alpha value is -0.610. The lowest BCUT2D eigenvalue weighted by atomic mass is 10.5. The van der Waals surface area contributed by atoms with Crippen LogP contribution >= 0.6 is 0 Å². The predicted molar refractivity (Wildman–Crippen MR) is 43.3 cm³/mol. The molecule has 11 heavy (non-hydrogen) atoms. The van der Waals surface area contributed by atoms with Crippen molar-refractivity contribution in [3.63, 3.8) is 0 Å². The first kappa shape index (κ1) is 16.8. The second-order valence-corrected chi connectivity index (χ2v) is 1.65. The molecule has 0 radical (unpaired) electrons. The molecular formula is C7H18O4. The molecule has 0 aromatic rings. The molecule has 70 valence electrons. The maximum Gasteiger partial charge on any atom is 0.302 e. The molecule has 0 bridgehead atoms. The van der Waals surface area contributed by atoms with Crippen molar-refractivity contribution >= 4 is 5.97 Å². The number of rotatable bonds is 2. The van der Waals surface area contributed by atoms with Crippen molar-refractivity contribution in [1.29, 1.82) is 0 Å². The second kappa shape index (κ2) is 16.2. The molecule has 0 atom stereocenters. The van der Waals surface area contributed by atoms with Gasteiger partial charge in [-0.3, -0.25) is 4.79 Å². The van der Waals surface area contributed by atoms with Crippen molar-refractivity contribution < 1.29 is 20.1 Å². The van der Waals surface area contributed by atoms with E-state index in [0.717, 1.165) is 6.42 Å². The molecule has 0 saturated heterocycles. The van der Waals surface area contributed by atoms with Crippen LogP contribution in [0.25, 0.3) is 0 Å². The van der Waals surface area contributed by atoms with Crippen molar-refractivity contribution in [1.82, 2.24) is 0 Å². The molecule has 0 heterocycles. The van der Waals surface area contributed by atoms with E-state index in [-0.39, 0.29) is 11.4 Å². The Morgan fingerprint density at radius 1 is 1.45 bits per heavy atom. The Morgan fingerprint density at radius 2 is 1.82 bits per heavy atom. The Balaban J connectivity index is -0.000000114. The number of esters is 1. The number of aliphatic hydroxyl groups excluding tert-OH is 1. The highest BCUT2D eigenvalue weighted by atomic mass is 16.5. The number of hydrogen-bond donors (Lipinski definition) is 1. The first-order valence-corrected chi connectivity index (χ1v) is 3.43. The van der Waals surface area contributed by atoms with Crippen LogP contribution in [0.1, 0.15) is 27.2 Å². The van der Waals surface area contributed by atoms with Gasteiger partial charge in [0.1, 0.15) is 0 Å². The predicted octanol–water partition coefficient (Wildman–Crippen LogP) is 0.133. The van der Waals surface area contributed by atoms with Crippen LogP contribution in [0.15, 0.2) is 0 Å². The zero-order valence-electron chi connectivity index (χ0n) is 7.39. The summed E-state index contributed by atoms with van der Waals surface area (Å²) in [4.78, 5) is 9.82. The quantitative estimate of drug-likeness (QED) is 0.592. The fraction of sp³-hybridized carbons (Fsp3) is 0.857. The van der Waals surface area contributed by atoms with Crippen molar-refractivity contribution in [3.8, 4) is 0 Å². The lowest BCUT2D eigenvalue weighted by Gasteiger charge is -1.89. The molecule has 0 aliphatic heterocycles. The molecule has 0 fully saturated rings. The third-order valence-corrected chi connectivity index (χ3v) is 0.571. The third-order valence-electron chi connectivity index (χ3n) is 0.571. The molecule has 0 spiro atoms. The van der Waals surface area contributed by atoms with Crippen LogP contribution in [0.5, 0.6) is 0 Å². The van der Waals surface area contributed by atoms with Crippen molar-refractivity contribution in [2.45, 2.75) is 27.2 Å². The van der Waals surface area contributed by atoms with Crippen LogP contribution in [0.3, 0.4) is 0 Å². The van der Waals surface area contributed by atoms with E-state index in [2.05, 4.69) is 4.74 Å². The minimum atomic E-state index is -0.211. The fourth-order valence-corrected chi connectivity index (χ4v) is 0.203. The molecule has 4 heteroatoms. The van der Waals surface area contributed by atoms with Crippen molar-refractivity contribution in [2.24, 2.45) is 0 Å². The van der Waals surface area contributed by atoms with Crippen LogP contribution in [-0.4, -0.2) is 29.8 Å². The summed E-state index contributed by atoms with van der Waals surface area (Å²) in [6.07, 6.45) is 0.875. The zero-order chi connectivity index (χ0) is 8.41. The largest absolute Gasteiger partial charge is 0.466 e. The van der Waals surface area contributed by atoms with E-state index in [9.17, 15) is 4.79 Å². The smallest absolute Gasteiger partial charge is 0.302 e. The van der Waals surface area contributed by atoms with E-state index in [4.69, 9.17) is 5.11 Å². The molecule has 0 rings (SSSR count). The first-order valence-electron chi connectivity index (χ1n) is 3.43. The molecule has 4 nitrogen and oxygen atoms in total. The summed E-state index contributed by atoms with van der Waals surface area (Å²) in [7, 11) is 0. The Morgan fingerprint density at radius 3 is 1.82 bits per heavy atom. The van der Waals surface area contributed by atoms with Gasteiger partial charge in [0.25, 0.3) is 0 Å². The average molecular weight is 166 g/mol. The number of hydrogen-bond acceptors (Lipinski definition) is 3. The summed E-state index contributed by atoms with van der Waals surface area (Å²) in [5.41, 5.74) is 0. The zero-order valence-corrected chi connectivity index (χ0v) is 7.39. The van der Waals surface area contributed by atoms with Gasteiger partial charge in [-0.2, -0.15) is 0 Å². The van der Waals surface area contributed by atoms with Crippen LogP contribution in [-0.2, 0) is 9.53 Å². The van der Waals surface area contributed by atoms with Crippen LogP contribution in [0, 0.1) is 0 Å². The lowest BCUT2D eigenvalue weighted by molar-refractivity contribution is -0.140. The number of carbonyl (C=O) groups is 1. The number of ether oxygens (including phenoxy) is 1. The van der Waals surface area contributed by atoms with E-state index in [1.165, 1.54) is 6.92 Å². The van der Waals surface area contributed by atoms with Gasteiger partial charge in [0, 0.05) is 13.5 Å². The van der Waals surface area contributed by atoms with Gasteiger partial charge >= 0.3 is 5.97 Å². The molecule has 0 saturated carbocycles. The maximum absolute atomic E-state index is 9.82. The van der Waals surface area contributed by atoms with Gasteiger partial charge < -0.3 is 15.3 Å². The third kappa shape index (κ3) is 44.6. The summed E-state index contributed by atoms with van der Waals surface area (Å²) in [5, 5.41) is 7.88. The van der Waals surface area contributed by atoms with Gasteiger partial charge in [0.15, 0.2) is 0 Å². The van der Waals surface area contributed by atoms with Crippen molar-refractivity contribution in [2.75, 3.05) is 13.2 Å². The Kier molecular flexibility index (Phi) is 24.7. The lowest BCUT2D eigenvalue weighted by Crippen LogP contribution is -1.95. The topological polar surface area (TPSA) is 78.0 Å². The Bertz CT molecular complexity index is 70.8. The average Bonchev–Trinajstić information content (AvgIpc) is 1.89. The second-order valence-electron chi connectivity index (χ2n) is 1.65. The van der Waals surface area contributed by atoms with Crippen LogP contribution in [0.2, 0.25) is 0 Å². The molecule has 0 aromatic heterocycles. The highest BCUT2D eigenvalue weighted by molar-refractivity contribution is 5.65. The minimum Gasteiger partial charge on any atom is -0.466 e. The van der Waals surface area contributed by atoms with E-state index in [1.807, 2.05) is 6.92 Å². The molecule has 0 aliphatic carbocycles. The van der Waals surface area contributed by atoms with E-state index < -0.39 is 0 Å². The normalized spacial score (nSPS) is 6.91. The van der Waals surface area contributed by atoms with E-state index in [0.29, 0.717) is 13.2 Å². The highest BCUT2D eigenvalue weighted by Gasteiger charge is 1.81. The van der Waals surface area contributed by atoms with Gasteiger partial charge in [-0.05, 0) is 13.3 Å². The van der Waals surface area contributed by atoms with Crippen LogP contribution in [0.4, 0.5) is 0 Å². The molecule has 0 amide bonds. The SMILES string of the molecule is CCCO.CCOC(C)=O.O. The van der Waals surface area contributed by atoms with Crippen molar-refractivity contribution in [3.05, 3.63) is 0 Å². The van der Waals surface area contributed by atoms with Crippen LogP contribution < -0.4 is 0 Å². The monoisotopic (exact) mass is 166 g/mol. The van der Waals surface area contributed by atoms with Gasteiger partial charge in [0.05, 0.1) is 6.61 Å². The van der Waals surface area contributed by atoms with E-state index >= 15 is 0 Å². The van der Waals surface area contributed by atoms with E-state index in [1.54, 1.807) is 6.92 Å². The minimum absolute atomic E-state index is 0. The Labute approximate surface area is 67.5 Å². The fourth-order valence-electron chi connectivity index (χ4n) is 0.203. The summed E-state index contributed by atoms with van der Waals surface area (Å²) >= 11 is 0. The molecule has 0 aliphatic rings. The molecule has 3 N–H and O–H groups in total. The van der Waals surface area contributed by atoms with Gasteiger partial charge in [0.2, 0.25) is 0 Å². The van der Waals surface area contributed by atoms with Gasteiger partial charge in [-0.25, -0.2) is 0 Å². The highest BCUT2D eigenvalue weighted by Crippen LogP contribution is 1.69. The summed E-state index contributed by atoms with van der Waals surface area (Å²) < 4.78 is 4.40. The van der Waals surface area contributed by atoms with Gasteiger partial charge in [-0.1, -0.05) is 6.92 Å². The van der Waals surface area contributed by atoms with Gasteiger partial charge in [-0.15, -0.1) is 0 Å². The number of aliphatic hydroxyl groups is 1. The molecular weight excluding hydrogens is 148 g/mol. The molecule has 0 unspecified atom stereocenters. The number of carbonyl (C=O) groups excluding carboxylic acids is 1. The first-order chi connectivity index (χ1) is 4.68. The maximum atomic E-state index is 9.82.